The van der Waals surface area contributed by atoms with E-state index in [1.807, 2.05) is 42.7 Å². The number of aromatic nitrogens is 1. The van der Waals surface area contributed by atoms with Crippen LogP contribution in [0.2, 0.25) is 0 Å². The molecule has 1 aliphatic heterocycles. The molecular weight excluding hydrogens is 334 g/mol. The monoisotopic (exact) mass is 359 g/mol. The molecule has 1 atom stereocenters. The Morgan fingerprint density at radius 2 is 2.16 bits per heavy atom. The first-order chi connectivity index (χ1) is 12.1. The van der Waals surface area contributed by atoms with Gasteiger partial charge in [-0.05, 0) is 31.4 Å². The molecule has 134 valence electrons. The molecule has 6 heteroatoms. The number of thiophene rings is 1. The number of hydrogen-bond acceptors (Lipinski definition) is 3. The molecule has 0 saturated carbocycles. The molecular formula is C19H25N3O2S. The second-order valence-corrected chi connectivity index (χ2v) is 7.33. The summed E-state index contributed by atoms with van der Waals surface area (Å²) in [5.74, 6) is 0.222. The van der Waals surface area contributed by atoms with E-state index in [0.29, 0.717) is 32.6 Å². The van der Waals surface area contributed by atoms with Crippen molar-refractivity contribution in [3.63, 3.8) is 0 Å². The maximum atomic E-state index is 13.1. The third-order valence-corrected chi connectivity index (χ3v) is 5.73. The SMILES string of the molecule is C/C=C\Cn1c(C(=O)N2CCN(C(=O)CC)[C@@H](C)C2)cc2ccsc21. The molecule has 2 amide bonds. The van der Waals surface area contributed by atoms with Gasteiger partial charge in [0.05, 0.1) is 0 Å². The van der Waals surface area contributed by atoms with Crippen molar-refractivity contribution < 1.29 is 9.59 Å². The van der Waals surface area contributed by atoms with Crippen molar-refractivity contribution in [1.82, 2.24) is 14.4 Å². The van der Waals surface area contributed by atoms with E-state index >= 15 is 0 Å². The molecule has 0 N–H and O–H groups in total. The number of allylic oxidation sites excluding steroid dienone is 2. The van der Waals surface area contributed by atoms with Crippen LogP contribution in [0.15, 0.2) is 29.7 Å². The fraction of sp³-hybridized carbons (Fsp3) is 0.474. The Morgan fingerprint density at radius 3 is 2.84 bits per heavy atom. The van der Waals surface area contributed by atoms with Crippen molar-refractivity contribution in [2.75, 3.05) is 19.6 Å². The predicted molar refractivity (Wildman–Crippen MR) is 102 cm³/mol. The van der Waals surface area contributed by atoms with Crippen LogP contribution in [0.1, 0.15) is 37.7 Å². The molecule has 1 saturated heterocycles. The zero-order valence-corrected chi connectivity index (χ0v) is 15.9. The van der Waals surface area contributed by atoms with Crippen LogP contribution in [0.3, 0.4) is 0 Å². The molecule has 2 aromatic rings. The number of rotatable bonds is 4. The molecule has 0 unspecified atom stereocenters. The summed E-state index contributed by atoms with van der Waals surface area (Å²) in [5.41, 5.74) is 0.738. The molecule has 0 spiro atoms. The third kappa shape index (κ3) is 3.35. The Labute approximate surface area is 152 Å². The number of carbonyl (C=O) groups is 2. The van der Waals surface area contributed by atoms with Gasteiger partial charge in [-0.15, -0.1) is 11.3 Å². The number of fused-ring (bicyclic) bond motifs is 1. The maximum absolute atomic E-state index is 13.1. The molecule has 1 aliphatic rings. The highest BCUT2D eigenvalue weighted by Crippen LogP contribution is 2.27. The first-order valence-corrected chi connectivity index (χ1v) is 9.71. The quantitative estimate of drug-likeness (QED) is 0.786. The number of piperazine rings is 1. The minimum Gasteiger partial charge on any atom is -0.336 e. The van der Waals surface area contributed by atoms with Gasteiger partial charge in [-0.3, -0.25) is 9.59 Å². The van der Waals surface area contributed by atoms with E-state index in [4.69, 9.17) is 0 Å². The summed E-state index contributed by atoms with van der Waals surface area (Å²) in [7, 11) is 0. The van der Waals surface area contributed by atoms with Gasteiger partial charge >= 0.3 is 0 Å². The van der Waals surface area contributed by atoms with Crippen LogP contribution in [0.5, 0.6) is 0 Å². The van der Waals surface area contributed by atoms with Crippen LogP contribution >= 0.6 is 11.3 Å². The summed E-state index contributed by atoms with van der Waals surface area (Å²) in [6.07, 6.45) is 4.59. The summed E-state index contributed by atoms with van der Waals surface area (Å²) in [6, 6.07) is 4.11. The van der Waals surface area contributed by atoms with E-state index in [-0.39, 0.29) is 17.9 Å². The number of hydrogen-bond donors (Lipinski definition) is 0. The molecule has 0 radical (unpaired) electrons. The Kier molecular flexibility index (Phi) is 5.27. The van der Waals surface area contributed by atoms with Gasteiger partial charge in [0.25, 0.3) is 5.91 Å². The molecule has 0 aliphatic carbocycles. The van der Waals surface area contributed by atoms with E-state index in [2.05, 4.69) is 22.1 Å². The molecule has 3 rings (SSSR count). The number of carbonyl (C=O) groups excluding carboxylic acids is 2. The summed E-state index contributed by atoms with van der Waals surface area (Å²) in [6.45, 7) is 8.39. The van der Waals surface area contributed by atoms with Crippen molar-refractivity contribution in [3.8, 4) is 0 Å². The summed E-state index contributed by atoms with van der Waals surface area (Å²) in [5, 5.41) is 3.17. The van der Waals surface area contributed by atoms with E-state index in [1.165, 1.54) is 0 Å². The van der Waals surface area contributed by atoms with Crippen LogP contribution < -0.4 is 0 Å². The van der Waals surface area contributed by atoms with E-state index in [1.54, 1.807) is 11.3 Å². The Hall–Kier alpha value is -2.08. The van der Waals surface area contributed by atoms with E-state index in [0.717, 1.165) is 15.9 Å². The third-order valence-electron chi connectivity index (χ3n) is 4.78. The lowest BCUT2D eigenvalue weighted by atomic mass is 10.1. The Bertz CT molecular complexity index is 805. The van der Waals surface area contributed by atoms with Crippen LogP contribution in [0.25, 0.3) is 10.2 Å². The van der Waals surface area contributed by atoms with Crippen molar-refractivity contribution in [2.24, 2.45) is 0 Å². The van der Waals surface area contributed by atoms with Gasteiger partial charge in [0.15, 0.2) is 0 Å². The van der Waals surface area contributed by atoms with Crippen molar-refractivity contribution in [2.45, 2.75) is 39.8 Å². The van der Waals surface area contributed by atoms with Gasteiger partial charge < -0.3 is 14.4 Å². The number of amides is 2. The second-order valence-electron chi connectivity index (χ2n) is 6.43. The smallest absolute Gasteiger partial charge is 0.270 e. The van der Waals surface area contributed by atoms with Gasteiger partial charge in [0.1, 0.15) is 10.5 Å². The van der Waals surface area contributed by atoms with Crippen LogP contribution in [0, 0.1) is 0 Å². The van der Waals surface area contributed by atoms with Gasteiger partial charge in [-0.25, -0.2) is 0 Å². The first-order valence-electron chi connectivity index (χ1n) is 8.83. The molecule has 1 fully saturated rings. The van der Waals surface area contributed by atoms with Crippen LogP contribution in [-0.4, -0.2) is 51.9 Å². The van der Waals surface area contributed by atoms with Gasteiger partial charge in [0.2, 0.25) is 5.91 Å². The Balaban J connectivity index is 1.83. The highest BCUT2D eigenvalue weighted by atomic mass is 32.1. The Morgan fingerprint density at radius 1 is 1.36 bits per heavy atom. The summed E-state index contributed by atoms with van der Waals surface area (Å²) in [4.78, 5) is 30.0. The molecule has 0 aromatic carbocycles. The van der Waals surface area contributed by atoms with Crippen molar-refractivity contribution in [1.29, 1.82) is 0 Å². The molecule has 3 heterocycles. The molecule has 25 heavy (non-hydrogen) atoms. The van der Waals surface area contributed by atoms with Gasteiger partial charge in [-0.2, -0.15) is 0 Å². The lowest BCUT2D eigenvalue weighted by Gasteiger charge is -2.39. The molecule has 2 aromatic heterocycles. The predicted octanol–water partition coefficient (Wildman–Crippen LogP) is 3.36. The zero-order valence-electron chi connectivity index (χ0n) is 15.1. The normalized spacial score (nSPS) is 18.4. The lowest BCUT2D eigenvalue weighted by Crippen LogP contribution is -2.55. The highest BCUT2D eigenvalue weighted by Gasteiger charge is 2.30. The maximum Gasteiger partial charge on any atom is 0.270 e. The van der Waals surface area contributed by atoms with Gasteiger partial charge in [-0.1, -0.05) is 19.1 Å². The van der Waals surface area contributed by atoms with Crippen LogP contribution in [-0.2, 0) is 11.3 Å². The topological polar surface area (TPSA) is 45.6 Å². The van der Waals surface area contributed by atoms with Crippen molar-refractivity contribution in [3.05, 3.63) is 35.4 Å². The summed E-state index contributed by atoms with van der Waals surface area (Å²) >= 11 is 1.66. The zero-order chi connectivity index (χ0) is 18.0. The van der Waals surface area contributed by atoms with E-state index < -0.39 is 0 Å². The van der Waals surface area contributed by atoms with Crippen LogP contribution in [0.4, 0.5) is 0 Å². The molecule has 0 bridgehead atoms. The summed E-state index contributed by atoms with van der Waals surface area (Å²) < 4.78 is 2.09. The average molecular weight is 359 g/mol. The lowest BCUT2D eigenvalue weighted by molar-refractivity contribution is -0.134. The standard InChI is InChI=1S/C19H25N3O2S/c1-4-6-8-22-16(12-15-7-11-25-19(15)22)18(24)20-9-10-21(14(3)13-20)17(23)5-2/h4,6-7,11-12,14H,5,8-10,13H2,1-3H3/b6-4-/t14-/m0/s1. The van der Waals surface area contributed by atoms with E-state index in [9.17, 15) is 9.59 Å². The van der Waals surface area contributed by atoms with Crippen molar-refractivity contribution >= 4 is 33.4 Å². The van der Waals surface area contributed by atoms with Gasteiger partial charge in [0, 0.05) is 44.0 Å². The first kappa shape index (κ1) is 17.7. The number of nitrogens with zero attached hydrogens (tertiary/aromatic N) is 3. The minimum absolute atomic E-state index is 0.0587. The highest BCUT2D eigenvalue weighted by molar-refractivity contribution is 7.16. The minimum atomic E-state index is 0.0587. The fourth-order valence-electron chi connectivity index (χ4n) is 3.42. The fourth-order valence-corrected chi connectivity index (χ4v) is 4.33. The average Bonchev–Trinajstić information content (AvgIpc) is 3.20. The molecule has 5 nitrogen and oxygen atoms in total. The largest absolute Gasteiger partial charge is 0.336 e. The second kappa shape index (κ2) is 7.44.